The second kappa shape index (κ2) is 7.55. The first-order chi connectivity index (χ1) is 11.7. The monoisotopic (exact) mass is 325 g/mol. The molecule has 24 heavy (non-hydrogen) atoms. The zero-order valence-corrected chi connectivity index (χ0v) is 13.7. The number of likely N-dealkylation sites (tertiary alicyclic amines) is 1. The third-order valence-corrected chi connectivity index (χ3v) is 4.72. The normalized spacial score (nSPS) is 17.5. The van der Waals surface area contributed by atoms with Crippen LogP contribution in [0.2, 0.25) is 0 Å². The van der Waals surface area contributed by atoms with Crippen molar-refractivity contribution in [3.63, 3.8) is 0 Å². The van der Waals surface area contributed by atoms with E-state index < -0.39 is 11.5 Å². The number of aliphatic carboxylic acids is 1. The molecule has 0 amide bonds. The van der Waals surface area contributed by atoms with Crippen LogP contribution in [-0.4, -0.2) is 39.6 Å². The molecular weight excluding hydrogens is 302 g/mol. The third kappa shape index (κ3) is 3.99. The Kier molecular flexibility index (Phi) is 5.23. The molecule has 2 heterocycles. The van der Waals surface area contributed by atoms with E-state index in [1.54, 1.807) is 12.4 Å². The van der Waals surface area contributed by atoms with Crippen molar-refractivity contribution in [3.05, 3.63) is 66.0 Å². The molecule has 5 nitrogen and oxygen atoms in total. The summed E-state index contributed by atoms with van der Waals surface area (Å²) in [5.41, 5.74) is 1.43. The van der Waals surface area contributed by atoms with Crippen molar-refractivity contribution >= 4 is 5.97 Å². The number of carboxylic acids is 1. The predicted molar refractivity (Wildman–Crippen MR) is 92.4 cm³/mol. The molecule has 1 aliphatic rings. The van der Waals surface area contributed by atoms with Crippen molar-refractivity contribution in [2.24, 2.45) is 0 Å². The standard InChI is InChI=1S/C19H23N3O2/c23-18(24)19(21-14-17-7-4-10-20-13-17)8-11-22(12-9-19)15-16-5-2-1-3-6-16/h1-7,10,13,21H,8-9,11-12,14-15H2,(H,23,24). The number of carbonyl (C=O) groups is 1. The highest BCUT2D eigenvalue weighted by Gasteiger charge is 2.41. The molecule has 1 aromatic heterocycles. The van der Waals surface area contributed by atoms with Crippen molar-refractivity contribution in [2.45, 2.75) is 31.5 Å². The fraction of sp³-hybridized carbons (Fsp3) is 0.368. The van der Waals surface area contributed by atoms with Crippen LogP contribution in [0.4, 0.5) is 0 Å². The SMILES string of the molecule is O=C(O)C1(NCc2cccnc2)CCN(Cc2ccccc2)CC1. The minimum atomic E-state index is -0.844. The van der Waals surface area contributed by atoms with Gasteiger partial charge in [0.25, 0.3) is 0 Å². The lowest BCUT2D eigenvalue weighted by Crippen LogP contribution is -2.58. The molecule has 2 aromatic rings. The molecular formula is C19H23N3O2. The lowest BCUT2D eigenvalue weighted by molar-refractivity contribution is -0.147. The summed E-state index contributed by atoms with van der Waals surface area (Å²) in [6.07, 6.45) is 4.70. The van der Waals surface area contributed by atoms with E-state index in [9.17, 15) is 9.90 Å². The maximum Gasteiger partial charge on any atom is 0.324 e. The van der Waals surface area contributed by atoms with Crippen LogP contribution in [0.3, 0.4) is 0 Å². The van der Waals surface area contributed by atoms with Crippen LogP contribution in [0.15, 0.2) is 54.9 Å². The van der Waals surface area contributed by atoms with Crippen molar-refractivity contribution in [3.8, 4) is 0 Å². The fourth-order valence-electron chi connectivity index (χ4n) is 3.17. The number of hydrogen-bond acceptors (Lipinski definition) is 4. The van der Waals surface area contributed by atoms with Gasteiger partial charge in [-0.05, 0) is 30.0 Å². The van der Waals surface area contributed by atoms with E-state index >= 15 is 0 Å². The van der Waals surface area contributed by atoms with E-state index in [0.717, 1.165) is 25.2 Å². The van der Waals surface area contributed by atoms with Gasteiger partial charge >= 0.3 is 5.97 Å². The number of aromatic nitrogens is 1. The van der Waals surface area contributed by atoms with E-state index in [0.29, 0.717) is 19.4 Å². The summed E-state index contributed by atoms with van der Waals surface area (Å²) in [7, 11) is 0. The first kappa shape index (κ1) is 16.6. The minimum absolute atomic E-state index is 0.527. The van der Waals surface area contributed by atoms with Crippen molar-refractivity contribution in [1.29, 1.82) is 0 Å². The Labute approximate surface area is 142 Å². The second-order valence-corrected chi connectivity index (χ2v) is 6.36. The molecule has 2 N–H and O–H groups in total. The molecule has 0 unspecified atom stereocenters. The molecule has 3 rings (SSSR count). The van der Waals surface area contributed by atoms with Crippen LogP contribution in [0.5, 0.6) is 0 Å². The molecule has 0 aliphatic carbocycles. The summed E-state index contributed by atoms with van der Waals surface area (Å²) in [4.78, 5) is 18.3. The average molecular weight is 325 g/mol. The van der Waals surface area contributed by atoms with Crippen LogP contribution in [-0.2, 0) is 17.9 Å². The Hall–Kier alpha value is -2.24. The number of nitrogens with one attached hydrogen (secondary N) is 1. The van der Waals surface area contributed by atoms with E-state index in [4.69, 9.17) is 0 Å². The molecule has 126 valence electrons. The maximum absolute atomic E-state index is 11.9. The molecule has 5 heteroatoms. The van der Waals surface area contributed by atoms with E-state index in [2.05, 4.69) is 27.3 Å². The average Bonchev–Trinajstić information content (AvgIpc) is 2.63. The Balaban J connectivity index is 1.58. The van der Waals surface area contributed by atoms with Gasteiger partial charge in [0, 0.05) is 38.6 Å². The zero-order chi connectivity index (χ0) is 16.8. The molecule has 0 saturated carbocycles. The zero-order valence-electron chi connectivity index (χ0n) is 13.7. The highest BCUT2D eigenvalue weighted by molar-refractivity contribution is 5.79. The summed E-state index contributed by atoms with van der Waals surface area (Å²) in [5.74, 6) is -0.759. The molecule has 0 atom stereocenters. The van der Waals surface area contributed by atoms with Gasteiger partial charge in [-0.3, -0.25) is 20.0 Å². The van der Waals surface area contributed by atoms with Gasteiger partial charge in [0.2, 0.25) is 0 Å². The largest absolute Gasteiger partial charge is 0.480 e. The van der Waals surface area contributed by atoms with E-state index in [1.165, 1.54) is 5.56 Å². The van der Waals surface area contributed by atoms with Gasteiger partial charge in [0.15, 0.2) is 0 Å². The van der Waals surface area contributed by atoms with E-state index in [1.807, 2.05) is 30.3 Å². The van der Waals surface area contributed by atoms with Crippen molar-refractivity contribution in [1.82, 2.24) is 15.2 Å². The minimum Gasteiger partial charge on any atom is -0.480 e. The summed E-state index contributed by atoms with van der Waals surface area (Å²) in [6, 6.07) is 14.1. The van der Waals surface area contributed by atoms with Gasteiger partial charge < -0.3 is 5.11 Å². The topological polar surface area (TPSA) is 65.5 Å². The Morgan fingerprint density at radius 1 is 1.12 bits per heavy atom. The first-order valence-electron chi connectivity index (χ1n) is 8.32. The second-order valence-electron chi connectivity index (χ2n) is 6.36. The predicted octanol–water partition coefficient (Wildman–Crippen LogP) is 2.29. The van der Waals surface area contributed by atoms with Gasteiger partial charge in [-0.15, -0.1) is 0 Å². The lowest BCUT2D eigenvalue weighted by Gasteiger charge is -2.39. The summed E-state index contributed by atoms with van der Waals surface area (Å²) in [5, 5.41) is 13.0. The van der Waals surface area contributed by atoms with Crippen LogP contribution >= 0.6 is 0 Å². The summed E-state index contributed by atoms with van der Waals surface area (Å²) >= 11 is 0. The number of hydrogen-bond donors (Lipinski definition) is 2. The fourth-order valence-corrected chi connectivity index (χ4v) is 3.17. The molecule has 1 fully saturated rings. The highest BCUT2D eigenvalue weighted by Crippen LogP contribution is 2.24. The Bertz CT molecular complexity index is 653. The number of carboxylic acid groups (broad SMARTS) is 1. The molecule has 1 aliphatic heterocycles. The maximum atomic E-state index is 11.9. The number of benzene rings is 1. The van der Waals surface area contributed by atoms with Gasteiger partial charge in [0.1, 0.15) is 5.54 Å². The smallest absolute Gasteiger partial charge is 0.324 e. The Morgan fingerprint density at radius 2 is 1.83 bits per heavy atom. The summed E-state index contributed by atoms with van der Waals surface area (Å²) < 4.78 is 0. The van der Waals surface area contributed by atoms with Crippen LogP contribution < -0.4 is 5.32 Å². The van der Waals surface area contributed by atoms with Gasteiger partial charge in [0.05, 0.1) is 0 Å². The lowest BCUT2D eigenvalue weighted by atomic mass is 9.87. The van der Waals surface area contributed by atoms with Gasteiger partial charge in [-0.1, -0.05) is 36.4 Å². The number of rotatable bonds is 6. The summed E-state index contributed by atoms with van der Waals surface area (Å²) in [6.45, 7) is 2.96. The van der Waals surface area contributed by atoms with Gasteiger partial charge in [-0.2, -0.15) is 0 Å². The number of piperidine rings is 1. The number of nitrogens with zero attached hydrogens (tertiary/aromatic N) is 2. The quantitative estimate of drug-likeness (QED) is 0.853. The van der Waals surface area contributed by atoms with Crippen LogP contribution in [0, 0.1) is 0 Å². The van der Waals surface area contributed by atoms with E-state index in [-0.39, 0.29) is 0 Å². The van der Waals surface area contributed by atoms with Crippen molar-refractivity contribution < 1.29 is 9.90 Å². The number of pyridine rings is 1. The highest BCUT2D eigenvalue weighted by atomic mass is 16.4. The molecule has 0 radical (unpaired) electrons. The van der Waals surface area contributed by atoms with Crippen LogP contribution in [0.1, 0.15) is 24.0 Å². The molecule has 0 spiro atoms. The first-order valence-corrected chi connectivity index (χ1v) is 8.32. The third-order valence-electron chi connectivity index (χ3n) is 4.72. The molecule has 0 bridgehead atoms. The van der Waals surface area contributed by atoms with Crippen LogP contribution in [0.25, 0.3) is 0 Å². The molecule has 1 aromatic carbocycles. The Morgan fingerprint density at radius 3 is 2.46 bits per heavy atom. The van der Waals surface area contributed by atoms with Crippen molar-refractivity contribution in [2.75, 3.05) is 13.1 Å². The van der Waals surface area contributed by atoms with Gasteiger partial charge in [-0.25, -0.2) is 0 Å². The molecule has 1 saturated heterocycles.